The Kier molecular flexibility index (Phi) is 1.06. The molecule has 0 bridgehead atoms. The highest BCUT2D eigenvalue weighted by Gasteiger charge is 2.11. The normalized spacial score (nSPS) is 16.8. The summed E-state index contributed by atoms with van der Waals surface area (Å²) in [6.07, 6.45) is 1.58. The topological polar surface area (TPSA) is 65.2 Å². The van der Waals surface area contributed by atoms with E-state index in [1.807, 2.05) is 18.3 Å². The molecular weight excluding hydrogens is 130 g/mol. The molecule has 0 radical (unpaired) electrons. The predicted octanol–water partition coefficient (Wildman–Crippen LogP) is 1.85. The van der Waals surface area contributed by atoms with E-state index >= 15 is 0 Å². The third-order valence-electron chi connectivity index (χ3n) is 1.26. The van der Waals surface area contributed by atoms with Gasteiger partial charge in [0.25, 0.3) is 0 Å². The fraction of sp³-hybridized carbons (Fsp3) is 0.200. The van der Waals surface area contributed by atoms with Crippen molar-refractivity contribution in [2.75, 3.05) is 0 Å². The quantitative estimate of drug-likeness (QED) is 0.610. The lowest BCUT2D eigenvalue weighted by molar-refractivity contribution is 0.741. The van der Waals surface area contributed by atoms with E-state index in [1.54, 1.807) is 0 Å². The van der Waals surface area contributed by atoms with Gasteiger partial charge in [-0.1, -0.05) is 0 Å². The summed E-state index contributed by atoms with van der Waals surface area (Å²) < 4.78 is 0. The lowest BCUT2D eigenvalue weighted by Gasteiger charge is -1.93. The molecule has 5 nitrogen and oxygen atoms in total. The van der Waals surface area contributed by atoms with Crippen LogP contribution in [0.3, 0.4) is 0 Å². The van der Waals surface area contributed by atoms with Crippen molar-refractivity contribution in [3.05, 3.63) is 24.0 Å². The van der Waals surface area contributed by atoms with Crippen LogP contribution in [0.15, 0.2) is 39.0 Å². The second kappa shape index (κ2) is 2.02. The van der Waals surface area contributed by atoms with Crippen LogP contribution in [0.5, 0.6) is 0 Å². The number of rotatable bonds is 1. The Labute approximate surface area is 56.9 Å². The molecule has 10 heavy (non-hydrogen) atoms. The van der Waals surface area contributed by atoms with Gasteiger partial charge in [0.05, 0.1) is 5.69 Å². The molecule has 2 heterocycles. The molecule has 0 saturated heterocycles. The number of nitrogens with zero attached hydrogens (tertiary/aromatic N) is 4. The molecule has 0 aliphatic carbocycles. The predicted molar refractivity (Wildman–Crippen MR) is 33.2 cm³/mol. The van der Waals surface area contributed by atoms with Gasteiger partial charge in [0.2, 0.25) is 6.17 Å². The lowest BCUT2D eigenvalue weighted by Crippen LogP contribution is -1.86. The fourth-order valence-electron chi connectivity index (χ4n) is 0.796. The van der Waals surface area contributed by atoms with Gasteiger partial charge >= 0.3 is 0 Å². The number of H-pyrrole nitrogens is 1. The summed E-state index contributed by atoms with van der Waals surface area (Å²) in [5, 5.41) is 14.2. The molecule has 0 fully saturated rings. The minimum absolute atomic E-state index is 0.241. The average molecular weight is 135 g/mol. The van der Waals surface area contributed by atoms with Crippen molar-refractivity contribution in [1.29, 1.82) is 0 Å². The second-order valence-corrected chi connectivity index (χ2v) is 1.91. The maximum absolute atomic E-state index is 3.74. The SMILES string of the molecule is c1c[nH]c(C2N=NN=N2)c1. The third-order valence-corrected chi connectivity index (χ3v) is 1.26. The molecule has 1 N–H and O–H groups in total. The summed E-state index contributed by atoms with van der Waals surface area (Å²) in [4.78, 5) is 2.97. The molecule has 1 aromatic heterocycles. The minimum atomic E-state index is -0.241. The Morgan fingerprint density at radius 1 is 1.30 bits per heavy atom. The van der Waals surface area contributed by atoms with E-state index in [-0.39, 0.29) is 6.17 Å². The van der Waals surface area contributed by atoms with E-state index in [1.165, 1.54) is 0 Å². The Morgan fingerprint density at radius 2 is 2.10 bits per heavy atom. The van der Waals surface area contributed by atoms with Gasteiger partial charge in [-0.25, -0.2) is 0 Å². The lowest BCUT2D eigenvalue weighted by atomic mass is 10.4. The molecule has 0 amide bonds. The van der Waals surface area contributed by atoms with Gasteiger partial charge in [-0.3, -0.25) is 0 Å². The monoisotopic (exact) mass is 135 g/mol. The van der Waals surface area contributed by atoms with Crippen molar-refractivity contribution < 1.29 is 0 Å². The molecule has 0 atom stereocenters. The fourth-order valence-corrected chi connectivity index (χ4v) is 0.796. The summed E-state index contributed by atoms with van der Waals surface area (Å²) in [5.41, 5.74) is 0.921. The first-order chi connectivity index (χ1) is 4.97. The Balaban J connectivity index is 2.29. The zero-order chi connectivity index (χ0) is 6.81. The van der Waals surface area contributed by atoms with Crippen molar-refractivity contribution >= 4 is 0 Å². The summed E-state index contributed by atoms with van der Waals surface area (Å²) in [6, 6.07) is 3.78. The van der Waals surface area contributed by atoms with Crippen LogP contribution in [0.4, 0.5) is 0 Å². The molecule has 50 valence electrons. The van der Waals surface area contributed by atoms with Crippen molar-refractivity contribution in [3.63, 3.8) is 0 Å². The maximum atomic E-state index is 3.74. The smallest absolute Gasteiger partial charge is 0.224 e. The second-order valence-electron chi connectivity index (χ2n) is 1.91. The van der Waals surface area contributed by atoms with Gasteiger partial charge in [0.15, 0.2) is 0 Å². The molecule has 1 aliphatic heterocycles. The molecule has 0 spiro atoms. The molecule has 1 aliphatic rings. The summed E-state index contributed by atoms with van der Waals surface area (Å²) in [5.74, 6) is 0. The molecule has 1 aromatic rings. The Bertz CT molecular complexity index is 248. The van der Waals surface area contributed by atoms with Crippen LogP contribution in [-0.2, 0) is 0 Å². The highest BCUT2D eigenvalue weighted by Crippen LogP contribution is 2.21. The highest BCUT2D eigenvalue weighted by molar-refractivity contribution is 5.08. The van der Waals surface area contributed by atoms with Crippen molar-refractivity contribution in [1.82, 2.24) is 4.98 Å². The Hall–Kier alpha value is -1.52. The van der Waals surface area contributed by atoms with E-state index < -0.39 is 0 Å². The van der Waals surface area contributed by atoms with Crippen molar-refractivity contribution in [2.24, 2.45) is 20.7 Å². The highest BCUT2D eigenvalue weighted by atomic mass is 15.6. The molecule has 2 rings (SSSR count). The number of nitrogens with one attached hydrogen (secondary N) is 1. The van der Waals surface area contributed by atoms with E-state index in [9.17, 15) is 0 Å². The zero-order valence-electron chi connectivity index (χ0n) is 5.10. The standard InChI is InChI=1S/C5H5N5/c1-2-4(6-3-1)5-7-9-10-8-5/h1-3,5-6H. The van der Waals surface area contributed by atoms with Crippen molar-refractivity contribution in [3.8, 4) is 0 Å². The van der Waals surface area contributed by atoms with Crippen LogP contribution in [0, 0.1) is 0 Å². The maximum Gasteiger partial charge on any atom is 0.224 e. The van der Waals surface area contributed by atoms with E-state index in [0.29, 0.717) is 0 Å². The number of aromatic amines is 1. The van der Waals surface area contributed by atoms with Crippen LogP contribution in [0.2, 0.25) is 0 Å². The van der Waals surface area contributed by atoms with Gasteiger partial charge < -0.3 is 4.98 Å². The van der Waals surface area contributed by atoms with Crippen LogP contribution in [-0.4, -0.2) is 4.98 Å². The summed E-state index contributed by atoms with van der Waals surface area (Å²) >= 11 is 0. The first-order valence-corrected chi connectivity index (χ1v) is 2.90. The number of aromatic nitrogens is 1. The van der Waals surface area contributed by atoms with Crippen LogP contribution in [0.1, 0.15) is 11.9 Å². The van der Waals surface area contributed by atoms with Crippen molar-refractivity contribution in [2.45, 2.75) is 6.17 Å². The minimum Gasteiger partial charge on any atom is -0.362 e. The largest absolute Gasteiger partial charge is 0.362 e. The van der Waals surface area contributed by atoms with E-state index in [4.69, 9.17) is 0 Å². The number of hydrogen-bond acceptors (Lipinski definition) is 4. The Morgan fingerprint density at radius 3 is 2.70 bits per heavy atom. The van der Waals surface area contributed by atoms with Gasteiger partial charge in [-0.2, -0.15) is 0 Å². The molecule has 0 saturated carbocycles. The summed E-state index contributed by atoms with van der Waals surface area (Å²) in [6.45, 7) is 0. The zero-order valence-corrected chi connectivity index (χ0v) is 5.10. The van der Waals surface area contributed by atoms with Gasteiger partial charge in [0, 0.05) is 6.20 Å². The average Bonchev–Trinajstić information content (AvgIpc) is 2.59. The van der Waals surface area contributed by atoms with E-state index in [2.05, 4.69) is 25.7 Å². The molecule has 0 unspecified atom stereocenters. The first-order valence-electron chi connectivity index (χ1n) is 2.90. The van der Waals surface area contributed by atoms with Crippen LogP contribution >= 0.6 is 0 Å². The van der Waals surface area contributed by atoms with Crippen LogP contribution < -0.4 is 0 Å². The van der Waals surface area contributed by atoms with E-state index in [0.717, 1.165) is 5.69 Å². The first kappa shape index (κ1) is 5.28. The number of hydrogen-bond donors (Lipinski definition) is 1. The van der Waals surface area contributed by atoms with Gasteiger partial charge in [-0.05, 0) is 22.6 Å². The van der Waals surface area contributed by atoms with Gasteiger partial charge in [0.1, 0.15) is 0 Å². The molecule has 0 aromatic carbocycles. The molecular formula is C5H5N5. The third kappa shape index (κ3) is 0.717. The van der Waals surface area contributed by atoms with Gasteiger partial charge in [-0.15, -0.1) is 10.2 Å². The summed E-state index contributed by atoms with van der Waals surface area (Å²) in [7, 11) is 0. The van der Waals surface area contributed by atoms with Crippen LogP contribution in [0.25, 0.3) is 0 Å². The molecule has 5 heteroatoms.